The monoisotopic (exact) mass is 299 g/mol. The minimum absolute atomic E-state index is 0.0968. The van der Waals surface area contributed by atoms with Crippen molar-refractivity contribution < 1.29 is 17.9 Å². The second-order valence-corrected chi connectivity index (χ2v) is 6.65. The zero-order valence-electron chi connectivity index (χ0n) is 11.3. The third-order valence-electron chi connectivity index (χ3n) is 2.74. The molecular formula is C11H22ClNO4S. The molecule has 0 rings (SSSR count). The van der Waals surface area contributed by atoms with Crippen LogP contribution < -0.4 is 4.72 Å². The van der Waals surface area contributed by atoms with Gasteiger partial charge in [0, 0.05) is 5.88 Å². The van der Waals surface area contributed by atoms with Gasteiger partial charge in [0.1, 0.15) is 6.04 Å². The quantitative estimate of drug-likeness (QED) is 0.543. The molecule has 3 unspecified atom stereocenters. The van der Waals surface area contributed by atoms with Gasteiger partial charge in [-0.3, -0.25) is 4.79 Å². The number of hydrogen-bond donors (Lipinski definition) is 1. The predicted molar refractivity (Wildman–Crippen MR) is 72.1 cm³/mol. The molecule has 0 aromatic heterocycles. The Labute approximate surface area is 114 Å². The molecule has 0 aliphatic heterocycles. The van der Waals surface area contributed by atoms with E-state index < -0.39 is 22.0 Å². The number of ether oxygens (including phenoxy) is 1. The van der Waals surface area contributed by atoms with Gasteiger partial charge in [-0.15, -0.1) is 11.6 Å². The van der Waals surface area contributed by atoms with Gasteiger partial charge in [-0.05, 0) is 11.8 Å². The van der Waals surface area contributed by atoms with E-state index in [1.54, 1.807) is 13.8 Å². The fourth-order valence-corrected chi connectivity index (χ4v) is 3.34. The first kappa shape index (κ1) is 17.7. The van der Waals surface area contributed by atoms with E-state index in [0.717, 1.165) is 0 Å². The number of methoxy groups -OCH3 is 1. The number of halogens is 1. The molecule has 18 heavy (non-hydrogen) atoms. The Morgan fingerprint density at radius 3 is 2.33 bits per heavy atom. The Balaban J connectivity index is 4.81. The van der Waals surface area contributed by atoms with Gasteiger partial charge in [-0.25, -0.2) is 13.1 Å². The van der Waals surface area contributed by atoms with E-state index >= 15 is 0 Å². The number of carbonyl (C=O) groups is 1. The van der Waals surface area contributed by atoms with E-state index in [9.17, 15) is 13.2 Å². The number of nitrogens with one attached hydrogen (secondary N) is 1. The van der Waals surface area contributed by atoms with E-state index in [1.165, 1.54) is 7.11 Å². The van der Waals surface area contributed by atoms with E-state index in [2.05, 4.69) is 9.46 Å². The molecule has 0 fully saturated rings. The summed E-state index contributed by atoms with van der Waals surface area (Å²) in [5.74, 6) is -0.697. The average Bonchev–Trinajstić information content (AvgIpc) is 2.33. The highest BCUT2D eigenvalue weighted by Gasteiger charge is 2.30. The van der Waals surface area contributed by atoms with Gasteiger partial charge in [0.25, 0.3) is 0 Å². The van der Waals surface area contributed by atoms with Gasteiger partial charge < -0.3 is 4.74 Å². The number of sulfonamides is 1. The average molecular weight is 300 g/mol. The SMILES string of the molecule is CCC(C)C(NS(=O)(=O)CC(C)CCl)C(=O)OC. The van der Waals surface area contributed by atoms with Crippen molar-refractivity contribution >= 4 is 27.6 Å². The Kier molecular flexibility index (Phi) is 7.82. The van der Waals surface area contributed by atoms with Crippen LogP contribution in [-0.4, -0.2) is 39.2 Å². The molecule has 0 aromatic carbocycles. The van der Waals surface area contributed by atoms with Gasteiger partial charge in [0.2, 0.25) is 10.0 Å². The Morgan fingerprint density at radius 2 is 1.94 bits per heavy atom. The first-order chi connectivity index (χ1) is 8.27. The number of hydrogen-bond acceptors (Lipinski definition) is 4. The van der Waals surface area contributed by atoms with Crippen molar-refractivity contribution in [1.82, 2.24) is 4.72 Å². The summed E-state index contributed by atoms with van der Waals surface area (Å²) in [4.78, 5) is 11.6. The largest absolute Gasteiger partial charge is 0.468 e. The third kappa shape index (κ3) is 6.02. The maximum Gasteiger partial charge on any atom is 0.324 e. The molecular weight excluding hydrogens is 278 g/mol. The van der Waals surface area contributed by atoms with Gasteiger partial charge >= 0.3 is 5.97 Å². The maximum absolute atomic E-state index is 11.9. The number of rotatable bonds is 8. The van der Waals surface area contributed by atoms with Crippen LogP contribution in [0.15, 0.2) is 0 Å². The molecule has 0 aromatic rings. The minimum Gasteiger partial charge on any atom is -0.468 e. The Hall–Kier alpha value is -0.330. The van der Waals surface area contributed by atoms with Crippen molar-refractivity contribution in [1.29, 1.82) is 0 Å². The molecule has 1 N–H and O–H groups in total. The van der Waals surface area contributed by atoms with E-state index in [-0.39, 0.29) is 23.5 Å². The van der Waals surface area contributed by atoms with E-state index in [4.69, 9.17) is 11.6 Å². The number of esters is 1. The molecule has 3 atom stereocenters. The summed E-state index contributed by atoms with van der Waals surface area (Å²) in [7, 11) is -2.29. The van der Waals surface area contributed by atoms with Gasteiger partial charge in [-0.2, -0.15) is 0 Å². The zero-order valence-corrected chi connectivity index (χ0v) is 12.8. The molecule has 0 amide bonds. The first-order valence-electron chi connectivity index (χ1n) is 5.91. The van der Waals surface area contributed by atoms with Crippen LogP contribution in [0.2, 0.25) is 0 Å². The molecule has 0 spiro atoms. The lowest BCUT2D eigenvalue weighted by Gasteiger charge is -2.22. The lowest BCUT2D eigenvalue weighted by atomic mass is 10.0. The van der Waals surface area contributed by atoms with Crippen LogP contribution in [0.4, 0.5) is 0 Å². The fraction of sp³-hybridized carbons (Fsp3) is 0.909. The normalized spacial score (nSPS) is 16.9. The second kappa shape index (κ2) is 7.96. The highest BCUT2D eigenvalue weighted by molar-refractivity contribution is 7.89. The molecule has 0 aliphatic rings. The lowest BCUT2D eigenvalue weighted by Crippen LogP contribution is -2.47. The van der Waals surface area contributed by atoms with Crippen LogP contribution in [0, 0.1) is 11.8 Å². The van der Waals surface area contributed by atoms with E-state index in [0.29, 0.717) is 6.42 Å². The molecule has 5 nitrogen and oxygen atoms in total. The summed E-state index contributed by atoms with van der Waals surface area (Å²) in [6.45, 7) is 5.42. The van der Waals surface area contributed by atoms with Crippen LogP contribution in [-0.2, 0) is 19.6 Å². The molecule has 7 heteroatoms. The Morgan fingerprint density at radius 1 is 1.39 bits per heavy atom. The fourth-order valence-electron chi connectivity index (χ4n) is 1.42. The summed E-state index contributed by atoms with van der Waals surface area (Å²) in [6, 6.07) is -0.840. The van der Waals surface area contributed by atoms with Crippen LogP contribution in [0.25, 0.3) is 0 Å². The van der Waals surface area contributed by atoms with Crippen molar-refractivity contribution in [2.24, 2.45) is 11.8 Å². The molecule has 0 heterocycles. The summed E-state index contributed by atoms with van der Waals surface area (Å²) in [5, 5.41) is 0. The topological polar surface area (TPSA) is 72.5 Å². The summed E-state index contributed by atoms with van der Waals surface area (Å²) < 4.78 is 30.8. The highest BCUT2D eigenvalue weighted by Crippen LogP contribution is 2.12. The Bertz CT molecular complexity index is 358. The van der Waals surface area contributed by atoms with Crippen LogP contribution in [0.5, 0.6) is 0 Å². The predicted octanol–water partition coefficient (Wildman–Crippen LogP) is 1.37. The molecule has 0 bridgehead atoms. The van der Waals surface area contributed by atoms with Crippen LogP contribution in [0.3, 0.4) is 0 Å². The molecule has 108 valence electrons. The second-order valence-electron chi connectivity index (χ2n) is 4.55. The van der Waals surface area contributed by atoms with Gasteiger partial charge in [0.05, 0.1) is 12.9 Å². The smallest absolute Gasteiger partial charge is 0.324 e. The highest BCUT2D eigenvalue weighted by atomic mass is 35.5. The van der Waals surface area contributed by atoms with Crippen LogP contribution >= 0.6 is 11.6 Å². The van der Waals surface area contributed by atoms with Gasteiger partial charge in [0.15, 0.2) is 0 Å². The summed E-state index contributed by atoms with van der Waals surface area (Å²) >= 11 is 5.59. The number of carbonyl (C=O) groups excluding carboxylic acids is 1. The molecule has 0 saturated heterocycles. The molecule has 0 radical (unpaired) electrons. The standard InChI is InChI=1S/C11H22ClNO4S/c1-5-9(3)10(11(14)17-4)13-18(15,16)7-8(2)6-12/h8-10,13H,5-7H2,1-4H3. The lowest BCUT2D eigenvalue weighted by molar-refractivity contribution is -0.143. The summed E-state index contributed by atoms with van der Waals surface area (Å²) in [5.41, 5.74) is 0. The number of alkyl halides is 1. The third-order valence-corrected chi connectivity index (χ3v) is 4.89. The first-order valence-corrected chi connectivity index (χ1v) is 8.09. The van der Waals surface area contributed by atoms with Crippen molar-refractivity contribution in [3.63, 3.8) is 0 Å². The molecule has 0 aliphatic carbocycles. The van der Waals surface area contributed by atoms with Crippen molar-refractivity contribution in [3.8, 4) is 0 Å². The van der Waals surface area contributed by atoms with E-state index in [1.807, 2.05) is 6.92 Å². The van der Waals surface area contributed by atoms with Crippen molar-refractivity contribution in [2.75, 3.05) is 18.7 Å². The summed E-state index contributed by atoms with van der Waals surface area (Å²) in [6.07, 6.45) is 0.674. The van der Waals surface area contributed by atoms with Crippen molar-refractivity contribution in [3.05, 3.63) is 0 Å². The molecule has 0 saturated carbocycles. The zero-order chi connectivity index (χ0) is 14.3. The van der Waals surface area contributed by atoms with Crippen molar-refractivity contribution in [2.45, 2.75) is 33.2 Å². The minimum atomic E-state index is -3.54. The van der Waals surface area contributed by atoms with Gasteiger partial charge in [-0.1, -0.05) is 27.2 Å². The maximum atomic E-state index is 11.9. The van der Waals surface area contributed by atoms with Crippen LogP contribution in [0.1, 0.15) is 27.2 Å².